The zero-order valence-electron chi connectivity index (χ0n) is 11.5. The van der Waals surface area contributed by atoms with Crippen molar-refractivity contribution < 1.29 is 14.7 Å². The van der Waals surface area contributed by atoms with Crippen molar-refractivity contribution in [1.82, 2.24) is 14.8 Å². The quantitative estimate of drug-likeness (QED) is 0.849. The summed E-state index contributed by atoms with van der Waals surface area (Å²) in [5, 5.41) is 17.4. The summed E-state index contributed by atoms with van der Waals surface area (Å²) >= 11 is 0. The maximum Gasteiger partial charge on any atom is 0.304 e. The lowest BCUT2D eigenvalue weighted by Crippen LogP contribution is -2.49. The van der Waals surface area contributed by atoms with Gasteiger partial charge in [-0.1, -0.05) is 0 Å². The number of carboxylic acids is 1. The van der Waals surface area contributed by atoms with Gasteiger partial charge in [0.05, 0.1) is 12.0 Å². The fourth-order valence-corrected chi connectivity index (χ4v) is 2.18. The van der Waals surface area contributed by atoms with Crippen LogP contribution >= 0.6 is 0 Å². The Kier molecular flexibility index (Phi) is 4.85. The van der Waals surface area contributed by atoms with Crippen molar-refractivity contribution in [3.8, 4) is 6.07 Å². The van der Waals surface area contributed by atoms with Gasteiger partial charge in [0.15, 0.2) is 0 Å². The van der Waals surface area contributed by atoms with Crippen molar-refractivity contribution in [1.29, 1.82) is 5.26 Å². The highest BCUT2D eigenvalue weighted by atomic mass is 16.4. The number of aromatic nitrogens is 1. The Morgan fingerprint density at radius 3 is 2.52 bits per heavy atom. The second-order valence-electron chi connectivity index (χ2n) is 4.82. The SMILES string of the molecule is N#Cc1ccc(C(=O)N2CCN(CCC(=O)O)CC2)nc1. The molecular weight excluding hydrogens is 272 g/mol. The molecule has 7 nitrogen and oxygen atoms in total. The van der Waals surface area contributed by atoms with E-state index in [2.05, 4.69) is 4.98 Å². The number of carbonyl (C=O) groups excluding carboxylic acids is 1. The van der Waals surface area contributed by atoms with Crippen LogP contribution in [0.3, 0.4) is 0 Å². The fourth-order valence-electron chi connectivity index (χ4n) is 2.18. The third-order valence-corrected chi connectivity index (χ3v) is 3.41. The van der Waals surface area contributed by atoms with E-state index in [0.717, 1.165) is 0 Å². The third-order valence-electron chi connectivity index (χ3n) is 3.41. The highest BCUT2D eigenvalue weighted by molar-refractivity contribution is 5.92. The summed E-state index contributed by atoms with van der Waals surface area (Å²) in [6.45, 7) is 2.94. The molecule has 1 N–H and O–H groups in total. The van der Waals surface area contributed by atoms with E-state index in [1.54, 1.807) is 17.0 Å². The number of hydrogen-bond donors (Lipinski definition) is 1. The Morgan fingerprint density at radius 2 is 2.00 bits per heavy atom. The van der Waals surface area contributed by atoms with Gasteiger partial charge in [-0.25, -0.2) is 4.98 Å². The number of carbonyl (C=O) groups is 2. The van der Waals surface area contributed by atoms with Gasteiger partial charge in [-0.05, 0) is 12.1 Å². The summed E-state index contributed by atoms with van der Waals surface area (Å²) < 4.78 is 0. The van der Waals surface area contributed by atoms with Crippen LogP contribution in [0.25, 0.3) is 0 Å². The standard InChI is InChI=1S/C14H16N4O3/c15-9-11-1-2-12(16-10-11)14(21)18-7-5-17(6-8-18)4-3-13(19)20/h1-2,10H,3-8H2,(H,19,20). The number of carboxylic acid groups (broad SMARTS) is 1. The van der Waals surface area contributed by atoms with Crippen molar-refractivity contribution in [2.24, 2.45) is 0 Å². The first-order chi connectivity index (χ1) is 10.1. The summed E-state index contributed by atoms with van der Waals surface area (Å²) in [4.78, 5) is 30.5. The van der Waals surface area contributed by atoms with Crippen LogP contribution in [0, 0.1) is 11.3 Å². The lowest BCUT2D eigenvalue weighted by atomic mass is 10.2. The summed E-state index contributed by atoms with van der Waals surface area (Å²) in [5.74, 6) is -0.965. The zero-order valence-corrected chi connectivity index (χ0v) is 11.5. The summed E-state index contributed by atoms with van der Waals surface area (Å²) in [5.41, 5.74) is 0.748. The van der Waals surface area contributed by atoms with E-state index < -0.39 is 5.97 Å². The molecule has 1 fully saturated rings. The Balaban J connectivity index is 1.88. The number of pyridine rings is 1. The second-order valence-corrected chi connectivity index (χ2v) is 4.82. The molecule has 1 aromatic rings. The molecule has 2 rings (SSSR count). The molecule has 0 aromatic carbocycles. The van der Waals surface area contributed by atoms with Crippen LogP contribution in [0.1, 0.15) is 22.5 Å². The molecule has 110 valence electrons. The Labute approximate surface area is 122 Å². The van der Waals surface area contributed by atoms with Gasteiger partial charge < -0.3 is 10.0 Å². The van der Waals surface area contributed by atoms with Gasteiger partial charge in [-0.3, -0.25) is 14.5 Å². The Bertz CT molecular complexity index is 557. The molecule has 1 aromatic heterocycles. The minimum absolute atomic E-state index is 0.116. The van der Waals surface area contributed by atoms with Crippen LogP contribution in [-0.4, -0.2) is 64.5 Å². The number of piperazine rings is 1. The highest BCUT2D eigenvalue weighted by Gasteiger charge is 2.22. The molecule has 2 heterocycles. The minimum Gasteiger partial charge on any atom is -0.481 e. The van der Waals surface area contributed by atoms with Crippen molar-refractivity contribution in [2.45, 2.75) is 6.42 Å². The molecule has 1 aliphatic rings. The van der Waals surface area contributed by atoms with Crippen molar-refractivity contribution in [2.75, 3.05) is 32.7 Å². The molecule has 0 spiro atoms. The number of amides is 1. The average Bonchev–Trinajstić information content (AvgIpc) is 2.53. The van der Waals surface area contributed by atoms with Gasteiger partial charge in [0, 0.05) is 38.9 Å². The first-order valence-corrected chi connectivity index (χ1v) is 6.69. The largest absolute Gasteiger partial charge is 0.481 e. The van der Waals surface area contributed by atoms with Gasteiger partial charge >= 0.3 is 5.97 Å². The Hall–Kier alpha value is -2.46. The Morgan fingerprint density at radius 1 is 1.29 bits per heavy atom. The molecule has 0 saturated carbocycles. The van der Waals surface area contributed by atoms with Crippen LogP contribution in [0.5, 0.6) is 0 Å². The third kappa shape index (κ3) is 4.00. The van der Waals surface area contributed by atoms with E-state index in [-0.39, 0.29) is 12.3 Å². The van der Waals surface area contributed by atoms with E-state index >= 15 is 0 Å². The van der Waals surface area contributed by atoms with E-state index in [4.69, 9.17) is 10.4 Å². The van der Waals surface area contributed by atoms with Crippen LogP contribution in [0.15, 0.2) is 18.3 Å². The molecule has 7 heteroatoms. The van der Waals surface area contributed by atoms with Gasteiger partial charge in [0.1, 0.15) is 11.8 Å². The molecule has 0 bridgehead atoms. The molecule has 1 aliphatic heterocycles. The normalized spacial score (nSPS) is 15.5. The predicted octanol–water partition coefficient (Wildman–Crippen LogP) is 0.186. The lowest BCUT2D eigenvalue weighted by Gasteiger charge is -2.34. The molecule has 21 heavy (non-hydrogen) atoms. The van der Waals surface area contributed by atoms with Crippen LogP contribution in [0.2, 0.25) is 0 Å². The van der Waals surface area contributed by atoms with Gasteiger partial charge in [0.2, 0.25) is 0 Å². The molecule has 1 amide bonds. The smallest absolute Gasteiger partial charge is 0.304 e. The maximum atomic E-state index is 12.2. The van der Waals surface area contributed by atoms with Crippen LogP contribution < -0.4 is 0 Å². The molecule has 0 atom stereocenters. The number of aliphatic carboxylic acids is 1. The van der Waals surface area contributed by atoms with E-state index in [1.165, 1.54) is 6.20 Å². The topological polar surface area (TPSA) is 97.5 Å². The molecule has 0 radical (unpaired) electrons. The van der Waals surface area contributed by atoms with Gasteiger partial charge in [-0.2, -0.15) is 5.26 Å². The molecule has 0 aliphatic carbocycles. The lowest BCUT2D eigenvalue weighted by molar-refractivity contribution is -0.137. The van der Waals surface area contributed by atoms with Crippen LogP contribution in [0.4, 0.5) is 0 Å². The monoisotopic (exact) mass is 288 g/mol. The predicted molar refractivity (Wildman–Crippen MR) is 73.5 cm³/mol. The van der Waals surface area contributed by atoms with Crippen LogP contribution in [-0.2, 0) is 4.79 Å². The average molecular weight is 288 g/mol. The number of hydrogen-bond acceptors (Lipinski definition) is 5. The van der Waals surface area contributed by atoms with Gasteiger partial charge in [0.25, 0.3) is 5.91 Å². The molecule has 1 saturated heterocycles. The van der Waals surface area contributed by atoms with E-state index in [0.29, 0.717) is 44.0 Å². The van der Waals surface area contributed by atoms with Crippen molar-refractivity contribution in [3.63, 3.8) is 0 Å². The minimum atomic E-state index is -0.810. The molecular formula is C14H16N4O3. The highest BCUT2D eigenvalue weighted by Crippen LogP contribution is 2.08. The maximum absolute atomic E-state index is 12.2. The number of nitrogens with zero attached hydrogens (tertiary/aromatic N) is 4. The number of nitriles is 1. The fraction of sp³-hybridized carbons (Fsp3) is 0.429. The second kappa shape index (κ2) is 6.81. The van der Waals surface area contributed by atoms with E-state index in [1.807, 2.05) is 11.0 Å². The first-order valence-electron chi connectivity index (χ1n) is 6.69. The number of rotatable bonds is 4. The zero-order chi connectivity index (χ0) is 15.2. The van der Waals surface area contributed by atoms with Crippen molar-refractivity contribution in [3.05, 3.63) is 29.6 Å². The summed E-state index contributed by atoms with van der Waals surface area (Å²) in [6, 6.07) is 5.09. The molecule has 0 unspecified atom stereocenters. The van der Waals surface area contributed by atoms with E-state index in [9.17, 15) is 9.59 Å². The summed E-state index contributed by atoms with van der Waals surface area (Å²) in [7, 11) is 0. The van der Waals surface area contributed by atoms with Gasteiger partial charge in [-0.15, -0.1) is 0 Å². The summed E-state index contributed by atoms with van der Waals surface area (Å²) in [6.07, 6.45) is 1.50. The first kappa shape index (κ1) is 14.9. The van der Waals surface area contributed by atoms with Crippen molar-refractivity contribution >= 4 is 11.9 Å².